The first-order valence-electron chi connectivity index (χ1n) is 14.1. The summed E-state index contributed by atoms with van der Waals surface area (Å²) in [5.41, 5.74) is 8.96. The summed E-state index contributed by atoms with van der Waals surface area (Å²) in [5, 5.41) is 10.5. The lowest BCUT2D eigenvalue weighted by molar-refractivity contribution is 0.668. The van der Waals surface area contributed by atoms with E-state index in [2.05, 4.69) is 133 Å². The Morgan fingerprint density at radius 2 is 0.805 bits per heavy atom. The van der Waals surface area contributed by atoms with Crippen LogP contribution in [0.1, 0.15) is 11.1 Å². The smallest absolute Gasteiger partial charge is 0.182 e. The standard InChI is InChI=1S/C38H22O2Si/c1-5-13-29-25(11-1)37-27-17-18-28-36(22-20-32-38(28)26-12-2-6-14-30(26)40-32)41(35(27)21-19-31(37)39-29)33-15-7-3-9-23(33)24-10-4-8-16-34(24)41/h1-22H. The second-order valence-corrected chi connectivity index (χ2v) is 14.8. The minimum Gasteiger partial charge on any atom is -0.456 e. The summed E-state index contributed by atoms with van der Waals surface area (Å²) in [6, 6.07) is 44.2. The van der Waals surface area contributed by atoms with Gasteiger partial charge in [0.25, 0.3) is 0 Å². The van der Waals surface area contributed by atoms with E-state index >= 15 is 0 Å². The van der Waals surface area contributed by atoms with Gasteiger partial charge in [0.05, 0.1) is 0 Å². The number of para-hydroxylation sites is 2. The van der Waals surface area contributed by atoms with Crippen LogP contribution in [-0.2, 0) is 0 Å². The van der Waals surface area contributed by atoms with Crippen LogP contribution in [0.2, 0.25) is 0 Å². The first-order valence-corrected chi connectivity index (χ1v) is 16.1. The van der Waals surface area contributed by atoms with Crippen molar-refractivity contribution in [3.05, 3.63) is 132 Å². The van der Waals surface area contributed by atoms with Gasteiger partial charge in [0, 0.05) is 21.5 Å². The maximum atomic E-state index is 6.41. The molecule has 2 nitrogen and oxygen atoms in total. The Balaban J connectivity index is 1.48. The lowest BCUT2D eigenvalue weighted by Crippen LogP contribution is -2.73. The van der Waals surface area contributed by atoms with E-state index < -0.39 is 8.07 Å². The quantitative estimate of drug-likeness (QED) is 0.189. The van der Waals surface area contributed by atoms with Gasteiger partial charge in [-0.25, -0.2) is 0 Å². The van der Waals surface area contributed by atoms with E-state index in [4.69, 9.17) is 8.83 Å². The lowest BCUT2D eigenvalue weighted by atomic mass is 10.0. The third-order valence-corrected chi connectivity index (χ3v) is 14.3. The highest BCUT2D eigenvalue weighted by Gasteiger charge is 2.51. The predicted octanol–water partition coefficient (Wildman–Crippen LogP) is 7.33. The third kappa shape index (κ3) is 2.54. The van der Waals surface area contributed by atoms with Gasteiger partial charge in [-0.1, -0.05) is 109 Å². The van der Waals surface area contributed by atoms with E-state index in [1.54, 1.807) is 0 Å². The van der Waals surface area contributed by atoms with Crippen molar-refractivity contribution >= 4 is 84.8 Å². The van der Waals surface area contributed by atoms with Gasteiger partial charge in [0.1, 0.15) is 22.3 Å². The Morgan fingerprint density at radius 1 is 0.366 bits per heavy atom. The van der Waals surface area contributed by atoms with Gasteiger partial charge in [-0.15, -0.1) is 0 Å². The molecule has 4 heterocycles. The number of rotatable bonds is 0. The summed E-state index contributed by atoms with van der Waals surface area (Å²) in [4.78, 5) is 0. The third-order valence-electron chi connectivity index (χ3n) is 9.34. The lowest BCUT2D eigenvalue weighted by Gasteiger charge is -2.33. The molecule has 0 amide bonds. The molecule has 2 aliphatic heterocycles. The summed E-state index contributed by atoms with van der Waals surface area (Å²) in [6.07, 6.45) is 4.70. The van der Waals surface area contributed by atoms with Crippen LogP contribution in [0.5, 0.6) is 0 Å². The molecule has 2 aliphatic rings. The molecule has 0 saturated carbocycles. The van der Waals surface area contributed by atoms with Crippen LogP contribution in [0.15, 0.2) is 130 Å². The highest BCUT2D eigenvalue weighted by Crippen LogP contribution is 2.39. The van der Waals surface area contributed by atoms with E-state index in [1.807, 2.05) is 0 Å². The van der Waals surface area contributed by atoms with Gasteiger partial charge in [-0.2, -0.15) is 0 Å². The van der Waals surface area contributed by atoms with Crippen LogP contribution < -0.4 is 20.7 Å². The fourth-order valence-electron chi connectivity index (χ4n) is 7.81. The number of hydrogen-bond donors (Lipinski definition) is 0. The topological polar surface area (TPSA) is 26.3 Å². The Kier molecular flexibility index (Phi) is 3.98. The van der Waals surface area contributed by atoms with Gasteiger partial charge >= 0.3 is 0 Å². The molecule has 0 atom stereocenters. The van der Waals surface area contributed by atoms with Crippen LogP contribution in [0.4, 0.5) is 0 Å². The Bertz CT molecular complexity index is 2270. The van der Waals surface area contributed by atoms with Gasteiger partial charge in [-0.3, -0.25) is 0 Å². The van der Waals surface area contributed by atoms with E-state index in [9.17, 15) is 0 Å². The molecular weight excluding hydrogens is 517 g/mol. The molecule has 8 aromatic rings. The van der Waals surface area contributed by atoms with Crippen molar-refractivity contribution in [3.63, 3.8) is 0 Å². The molecule has 0 saturated heterocycles. The maximum absolute atomic E-state index is 6.41. The molecule has 0 aliphatic carbocycles. The normalized spacial score (nSPS) is 14.4. The summed E-state index contributed by atoms with van der Waals surface area (Å²) in [6.45, 7) is 0. The average Bonchev–Trinajstić information content (AvgIpc) is 3.65. The maximum Gasteiger partial charge on any atom is 0.182 e. The second kappa shape index (κ2) is 7.54. The summed E-state index contributed by atoms with van der Waals surface area (Å²) in [7, 11) is -2.75. The highest BCUT2D eigenvalue weighted by molar-refractivity contribution is 7.23. The van der Waals surface area contributed by atoms with Crippen molar-refractivity contribution in [1.29, 1.82) is 0 Å². The van der Waals surface area contributed by atoms with Crippen molar-refractivity contribution in [2.75, 3.05) is 0 Å². The molecule has 6 aromatic carbocycles. The summed E-state index contributed by atoms with van der Waals surface area (Å²) < 4.78 is 12.8. The highest BCUT2D eigenvalue weighted by atomic mass is 28.3. The molecular formula is C38H22O2Si. The van der Waals surface area contributed by atoms with Crippen LogP contribution in [0.3, 0.4) is 0 Å². The summed E-state index contributed by atoms with van der Waals surface area (Å²) in [5.74, 6) is 0. The molecule has 0 bridgehead atoms. The number of fused-ring (bicyclic) bond motifs is 17. The second-order valence-electron chi connectivity index (χ2n) is 11.2. The first kappa shape index (κ1) is 21.7. The van der Waals surface area contributed by atoms with E-state index in [0.29, 0.717) is 0 Å². The Morgan fingerprint density at radius 3 is 1.32 bits per heavy atom. The largest absolute Gasteiger partial charge is 0.456 e. The molecule has 0 radical (unpaired) electrons. The Hall–Kier alpha value is -5.12. The average molecular weight is 539 g/mol. The number of furan rings is 2. The monoisotopic (exact) mass is 538 g/mol. The van der Waals surface area contributed by atoms with E-state index in [1.165, 1.54) is 53.8 Å². The molecule has 0 fully saturated rings. The predicted molar refractivity (Wildman–Crippen MR) is 173 cm³/mol. The van der Waals surface area contributed by atoms with Crippen LogP contribution in [0.25, 0.3) is 67.2 Å². The molecule has 0 unspecified atom stereocenters. The number of hydrogen-bond acceptors (Lipinski definition) is 2. The zero-order chi connectivity index (χ0) is 26.7. The van der Waals surface area contributed by atoms with Crippen molar-refractivity contribution in [1.82, 2.24) is 0 Å². The van der Waals surface area contributed by atoms with Crippen molar-refractivity contribution in [2.45, 2.75) is 0 Å². The van der Waals surface area contributed by atoms with Crippen molar-refractivity contribution < 1.29 is 8.83 Å². The van der Waals surface area contributed by atoms with E-state index in [-0.39, 0.29) is 0 Å². The molecule has 190 valence electrons. The molecule has 41 heavy (non-hydrogen) atoms. The van der Waals surface area contributed by atoms with Gasteiger partial charge in [0.2, 0.25) is 0 Å². The van der Waals surface area contributed by atoms with Crippen LogP contribution in [-0.4, -0.2) is 8.07 Å². The minimum absolute atomic E-state index is 0.928. The molecule has 3 heteroatoms. The zero-order valence-electron chi connectivity index (χ0n) is 22.0. The first-order chi connectivity index (χ1) is 20.3. The fraction of sp³-hybridized carbons (Fsp3) is 0. The Labute approximate surface area is 236 Å². The van der Waals surface area contributed by atoms with Gasteiger partial charge in [0.15, 0.2) is 8.07 Å². The molecule has 10 rings (SSSR count). The van der Waals surface area contributed by atoms with Crippen LogP contribution >= 0.6 is 0 Å². The van der Waals surface area contributed by atoms with E-state index in [0.717, 1.165) is 33.1 Å². The zero-order valence-corrected chi connectivity index (χ0v) is 23.0. The van der Waals surface area contributed by atoms with Gasteiger partial charge < -0.3 is 8.83 Å². The minimum atomic E-state index is -2.75. The van der Waals surface area contributed by atoms with Gasteiger partial charge in [-0.05, 0) is 67.3 Å². The number of benzene rings is 6. The van der Waals surface area contributed by atoms with Crippen molar-refractivity contribution in [2.24, 2.45) is 0 Å². The fourth-order valence-corrected chi connectivity index (χ4v) is 13.4. The molecule has 2 aromatic heterocycles. The summed E-state index contributed by atoms with van der Waals surface area (Å²) >= 11 is 0. The molecule has 1 spiro atoms. The van der Waals surface area contributed by atoms with Crippen molar-refractivity contribution in [3.8, 4) is 11.1 Å². The SMILES string of the molecule is C1=Cc2c(ccc3oc4ccccc4c23)[Si]2(c3ccccc3-c3ccccc32)c2ccc3oc4ccccc4c3c21. The van der Waals surface area contributed by atoms with Crippen LogP contribution in [0, 0.1) is 0 Å². The molecule has 0 N–H and O–H groups in total.